The van der Waals surface area contributed by atoms with Crippen LogP contribution in [0.15, 0.2) is 18.2 Å². The predicted octanol–water partition coefficient (Wildman–Crippen LogP) is 2.49. The highest BCUT2D eigenvalue weighted by Crippen LogP contribution is 2.21. The van der Waals surface area contributed by atoms with E-state index in [0.29, 0.717) is 19.8 Å². The van der Waals surface area contributed by atoms with Gasteiger partial charge in [0.1, 0.15) is 11.6 Å². The second-order valence-electron chi connectivity index (χ2n) is 5.53. The summed E-state index contributed by atoms with van der Waals surface area (Å²) < 4.78 is 32.7. The molecule has 2 N–H and O–H groups in total. The van der Waals surface area contributed by atoms with Gasteiger partial charge in [0.15, 0.2) is 0 Å². The third kappa shape index (κ3) is 4.86. The lowest BCUT2D eigenvalue weighted by Gasteiger charge is -2.31. The molecule has 1 aliphatic heterocycles. The second-order valence-corrected chi connectivity index (χ2v) is 5.53. The zero-order valence-corrected chi connectivity index (χ0v) is 14.0. The summed E-state index contributed by atoms with van der Waals surface area (Å²) in [6, 6.07) is 3.03. The molecule has 2 rings (SSSR count). The zero-order chi connectivity index (χ0) is 16.1. The number of ether oxygens (including phenoxy) is 1. The van der Waals surface area contributed by atoms with E-state index in [2.05, 4.69) is 0 Å². The lowest BCUT2D eigenvalue weighted by atomic mass is 9.91. The normalized spacial score (nSPS) is 16.5. The Labute approximate surface area is 141 Å². The van der Waals surface area contributed by atoms with Gasteiger partial charge in [-0.05, 0) is 37.8 Å². The number of carbonyl (C=O) groups is 1. The van der Waals surface area contributed by atoms with Crippen LogP contribution in [0.2, 0.25) is 0 Å². The highest BCUT2D eigenvalue weighted by atomic mass is 35.5. The summed E-state index contributed by atoms with van der Waals surface area (Å²) in [5.74, 6) is -1.51. The van der Waals surface area contributed by atoms with Gasteiger partial charge < -0.3 is 15.4 Å². The van der Waals surface area contributed by atoms with Crippen LogP contribution in [-0.2, 0) is 16.1 Å². The number of amides is 1. The SMILES string of the molecule is CCN(Cc1c(F)cccc1F)C(=O)C(N)C1CCOCC1.Cl. The van der Waals surface area contributed by atoms with Crippen LogP contribution in [0, 0.1) is 17.6 Å². The maximum Gasteiger partial charge on any atom is 0.240 e. The third-order valence-electron chi connectivity index (χ3n) is 4.16. The van der Waals surface area contributed by atoms with E-state index in [0.717, 1.165) is 12.8 Å². The van der Waals surface area contributed by atoms with Gasteiger partial charge in [-0.15, -0.1) is 12.4 Å². The average molecular weight is 349 g/mol. The first kappa shape index (κ1) is 19.8. The van der Waals surface area contributed by atoms with Gasteiger partial charge in [-0.3, -0.25) is 4.79 Å². The Morgan fingerprint density at radius 2 is 1.91 bits per heavy atom. The minimum atomic E-state index is -0.654. The molecule has 1 aliphatic rings. The molecule has 1 unspecified atom stereocenters. The van der Waals surface area contributed by atoms with Crippen LogP contribution in [0.3, 0.4) is 0 Å². The van der Waals surface area contributed by atoms with Crippen molar-refractivity contribution in [3.8, 4) is 0 Å². The van der Waals surface area contributed by atoms with E-state index in [-0.39, 0.29) is 36.3 Å². The van der Waals surface area contributed by atoms with Gasteiger partial charge in [-0.2, -0.15) is 0 Å². The highest BCUT2D eigenvalue weighted by Gasteiger charge is 2.30. The molecule has 23 heavy (non-hydrogen) atoms. The topological polar surface area (TPSA) is 55.6 Å². The van der Waals surface area contributed by atoms with Gasteiger partial charge in [-0.1, -0.05) is 6.07 Å². The van der Waals surface area contributed by atoms with E-state index >= 15 is 0 Å². The number of rotatable bonds is 5. The monoisotopic (exact) mass is 348 g/mol. The maximum absolute atomic E-state index is 13.7. The van der Waals surface area contributed by atoms with Gasteiger partial charge in [0.2, 0.25) is 5.91 Å². The van der Waals surface area contributed by atoms with Crippen molar-refractivity contribution in [3.05, 3.63) is 35.4 Å². The summed E-state index contributed by atoms with van der Waals surface area (Å²) in [6.07, 6.45) is 1.47. The van der Waals surface area contributed by atoms with Crippen molar-refractivity contribution in [2.45, 2.75) is 32.4 Å². The second kappa shape index (κ2) is 9.15. The zero-order valence-electron chi connectivity index (χ0n) is 13.1. The fraction of sp³-hybridized carbons (Fsp3) is 0.562. The molecule has 1 fully saturated rings. The molecule has 1 amide bonds. The molecule has 1 heterocycles. The molecule has 0 spiro atoms. The number of benzene rings is 1. The van der Waals surface area contributed by atoms with Crippen LogP contribution in [0.4, 0.5) is 8.78 Å². The Morgan fingerprint density at radius 1 is 1.35 bits per heavy atom. The van der Waals surface area contributed by atoms with Crippen molar-refractivity contribution in [1.29, 1.82) is 0 Å². The number of hydrogen-bond donors (Lipinski definition) is 1. The van der Waals surface area contributed by atoms with Gasteiger partial charge in [0.25, 0.3) is 0 Å². The smallest absolute Gasteiger partial charge is 0.240 e. The average Bonchev–Trinajstić information content (AvgIpc) is 2.54. The van der Waals surface area contributed by atoms with E-state index in [1.54, 1.807) is 6.92 Å². The molecule has 4 nitrogen and oxygen atoms in total. The molecule has 0 bridgehead atoms. The first-order chi connectivity index (χ1) is 10.5. The van der Waals surface area contributed by atoms with Crippen molar-refractivity contribution >= 4 is 18.3 Å². The van der Waals surface area contributed by atoms with Gasteiger partial charge in [0, 0.05) is 25.3 Å². The summed E-state index contributed by atoms with van der Waals surface area (Å²) in [7, 11) is 0. The van der Waals surface area contributed by atoms with Crippen LogP contribution in [0.1, 0.15) is 25.3 Å². The number of likely N-dealkylation sites (N-methyl/N-ethyl adjacent to an activating group) is 1. The fourth-order valence-electron chi connectivity index (χ4n) is 2.71. The Balaban J connectivity index is 0.00000264. The number of carbonyl (C=O) groups excluding carboxylic acids is 1. The lowest BCUT2D eigenvalue weighted by molar-refractivity contribution is -0.135. The summed E-state index contributed by atoms with van der Waals surface area (Å²) in [5.41, 5.74) is 5.96. The quantitative estimate of drug-likeness (QED) is 0.889. The molecular weight excluding hydrogens is 326 g/mol. The summed E-state index contributed by atoms with van der Waals surface area (Å²) in [6.45, 7) is 3.21. The summed E-state index contributed by atoms with van der Waals surface area (Å²) in [4.78, 5) is 13.9. The molecule has 0 aliphatic carbocycles. The molecule has 1 saturated heterocycles. The first-order valence-corrected chi connectivity index (χ1v) is 7.59. The van der Waals surface area contributed by atoms with Crippen LogP contribution >= 0.6 is 12.4 Å². The lowest BCUT2D eigenvalue weighted by Crippen LogP contribution is -2.48. The maximum atomic E-state index is 13.7. The standard InChI is InChI=1S/C16H22F2N2O2.ClH/c1-2-20(10-12-13(17)4-3-5-14(12)18)16(21)15(19)11-6-8-22-9-7-11;/h3-5,11,15H,2,6-10,19H2,1H3;1H. The van der Waals surface area contributed by atoms with Crippen molar-refractivity contribution in [2.24, 2.45) is 11.7 Å². The van der Waals surface area contributed by atoms with Crippen LogP contribution in [0.25, 0.3) is 0 Å². The largest absolute Gasteiger partial charge is 0.381 e. The van der Waals surface area contributed by atoms with Crippen molar-refractivity contribution in [2.75, 3.05) is 19.8 Å². The molecule has 1 aromatic rings. The Kier molecular flexibility index (Phi) is 7.88. The van der Waals surface area contributed by atoms with Crippen LogP contribution < -0.4 is 5.73 Å². The fourth-order valence-corrected chi connectivity index (χ4v) is 2.71. The Morgan fingerprint density at radius 3 is 2.43 bits per heavy atom. The van der Waals surface area contributed by atoms with Gasteiger partial charge in [0.05, 0.1) is 12.6 Å². The summed E-state index contributed by atoms with van der Waals surface area (Å²) >= 11 is 0. The van der Waals surface area contributed by atoms with Crippen LogP contribution in [-0.4, -0.2) is 36.6 Å². The number of nitrogens with two attached hydrogens (primary N) is 1. The van der Waals surface area contributed by atoms with E-state index in [4.69, 9.17) is 10.5 Å². The third-order valence-corrected chi connectivity index (χ3v) is 4.16. The molecule has 130 valence electrons. The minimum Gasteiger partial charge on any atom is -0.381 e. The van der Waals surface area contributed by atoms with Crippen LogP contribution in [0.5, 0.6) is 0 Å². The van der Waals surface area contributed by atoms with Crippen molar-refractivity contribution in [3.63, 3.8) is 0 Å². The molecule has 0 radical (unpaired) electrons. The molecule has 7 heteroatoms. The van der Waals surface area contributed by atoms with Crippen molar-refractivity contribution < 1.29 is 18.3 Å². The minimum absolute atomic E-state index is 0. The van der Waals surface area contributed by atoms with Crippen molar-refractivity contribution in [1.82, 2.24) is 4.90 Å². The van der Waals surface area contributed by atoms with Gasteiger partial charge >= 0.3 is 0 Å². The summed E-state index contributed by atoms with van der Waals surface area (Å²) in [5, 5.41) is 0. The van der Waals surface area contributed by atoms with Gasteiger partial charge in [-0.25, -0.2) is 8.78 Å². The molecule has 1 aromatic carbocycles. The first-order valence-electron chi connectivity index (χ1n) is 7.59. The molecule has 1 atom stereocenters. The highest BCUT2D eigenvalue weighted by molar-refractivity contribution is 5.85. The van der Waals surface area contributed by atoms with E-state index < -0.39 is 17.7 Å². The Bertz CT molecular complexity index is 505. The van der Waals surface area contributed by atoms with E-state index in [1.807, 2.05) is 0 Å². The predicted molar refractivity (Wildman–Crippen MR) is 86.2 cm³/mol. The number of hydrogen-bond acceptors (Lipinski definition) is 3. The Hall–Kier alpha value is -1.24. The van der Waals surface area contributed by atoms with E-state index in [9.17, 15) is 13.6 Å². The number of nitrogens with zero attached hydrogens (tertiary/aromatic N) is 1. The number of halogens is 3. The molecule has 0 aromatic heterocycles. The molecular formula is C16H23ClF2N2O2. The molecule has 0 saturated carbocycles. The van der Waals surface area contributed by atoms with E-state index in [1.165, 1.54) is 23.1 Å².